The highest BCUT2D eigenvalue weighted by Crippen LogP contribution is 2.29. The number of aromatic nitrogens is 2. The number of likely N-dealkylation sites (tertiary alicyclic amines) is 1. The summed E-state index contributed by atoms with van der Waals surface area (Å²) in [5, 5.41) is 6.70. The van der Waals surface area contributed by atoms with E-state index >= 15 is 0 Å². The van der Waals surface area contributed by atoms with Gasteiger partial charge in [-0.15, -0.1) is 0 Å². The fourth-order valence-electron chi connectivity index (χ4n) is 3.03. The van der Waals surface area contributed by atoms with Crippen molar-refractivity contribution in [2.24, 2.45) is 7.05 Å². The summed E-state index contributed by atoms with van der Waals surface area (Å²) in [4.78, 5) is 25.8. The molecule has 0 radical (unpaired) electrons. The Bertz CT molecular complexity index is 611. The summed E-state index contributed by atoms with van der Waals surface area (Å²) < 4.78 is 7.42. The largest absolute Gasteiger partial charge is 0.376 e. The van der Waals surface area contributed by atoms with Crippen molar-refractivity contribution in [1.82, 2.24) is 20.0 Å². The van der Waals surface area contributed by atoms with E-state index in [4.69, 9.17) is 4.74 Å². The van der Waals surface area contributed by atoms with Crippen molar-refractivity contribution in [3.63, 3.8) is 0 Å². The zero-order valence-corrected chi connectivity index (χ0v) is 14.6. The Morgan fingerprint density at radius 2 is 2.29 bits per heavy atom. The molecule has 1 aliphatic rings. The molecule has 132 valence electrons. The molecule has 1 N–H and O–H groups in total. The number of carbonyl (C=O) groups excluding carboxylic acids is 2. The van der Waals surface area contributed by atoms with Gasteiger partial charge < -0.3 is 15.0 Å². The summed E-state index contributed by atoms with van der Waals surface area (Å²) >= 11 is 0. The molecule has 1 fully saturated rings. The van der Waals surface area contributed by atoms with Crippen molar-refractivity contribution >= 4 is 17.9 Å². The van der Waals surface area contributed by atoms with Crippen LogP contribution in [0.2, 0.25) is 0 Å². The Hall–Kier alpha value is -2.15. The molecule has 0 aromatic carbocycles. The number of piperidine rings is 1. The lowest BCUT2D eigenvalue weighted by Crippen LogP contribution is -2.51. The number of aryl methyl sites for hydroxylation is 1. The molecule has 1 aromatic rings. The van der Waals surface area contributed by atoms with Gasteiger partial charge in [-0.1, -0.05) is 0 Å². The third-order valence-corrected chi connectivity index (χ3v) is 4.63. The smallest absolute Gasteiger partial charge is 0.246 e. The zero-order valence-electron chi connectivity index (χ0n) is 14.6. The predicted octanol–water partition coefficient (Wildman–Crippen LogP) is 0.967. The Kier molecular flexibility index (Phi) is 6.14. The Morgan fingerprint density at radius 3 is 2.92 bits per heavy atom. The van der Waals surface area contributed by atoms with Crippen LogP contribution in [-0.2, 0) is 21.4 Å². The molecule has 0 saturated carbocycles. The zero-order chi connectivity index (χ0) is 17.6. The van der Waals surface area contributed by atoms with Crippen LogP contribution in [0.1, 0.15) is 31.4 Å². The number of amides is 2. The van der Waals surface area contributed by atoms with Crippen LogP contribution >= 0.6 is 0 Å². The van der Waals surface area contributed by atoms with E-state index in [1.807, 2.05) is 13.1 Å². The van der Waals surface area contributed by atoms with Crippen molar-refractivity contribution in [2.75, 3.05) is 27.2 Å². The van der Waals surface area contributed by atoms with Crippen molar-refractivity contribution < 1.29 is 14.3 Å². The average Bonchev–Trinajstić information content (AvgIpc) is 3.02. The molecule has 24 heavy (non-hydrogen) atoms. The molecule has 0 aliphatic carbocycles. The highest BCUT2D eigenvalue weighted by molar-refractivity contribution is 5.91. The SMILES string of the molecule is CNC(=O)CC[C@]1(OC)CCCN(C(=O)/C=C/c2ccnn2C)C1. The molecule has 0 unspecified atom stereocenters. The van der Waals surface area contributed by atoms with Crippen molar-refractivity contribution in [1.29, 1.82) is 0 Å². The first-order valence-corrected chi connectivity index (χ1v) is 8.20. The van der Waals surface area contributed by atoms with E-state index in [1.165, 1.54) is 0 Å². The summed E-state index contributed by atoms with van der Waals surface area (Å²) in [6, 6.07) is 1.85. The van der Waals surface area contributed by atoms with Gasteiger partial charge in [0.1, 0.15) is 0 Å². The summed E-state index contributed by atoms with van der Waals surface area (Å²) in [5.41, 5.74) is 0.429. The van der Waals surface area contributed by atoms with Gasteiger partial charge in [-0.05, 0) is 31.4 Å². The topological polar surface area (TPSA) is 76.5 Å². The van der Waals surface area contributed by atoms with Crippen LogP contribution in [-0.4, -0.2) is 59.3 Å². The fraction of sp³-hybridized carbons (Fsp3) is 0.588. The number of carbonyl (C=O) groups is 2. The van der Waals surface area contributed by atoms with Crippen LogP contribution < -0.4 is 5.32 Å². The predicted molar refractivity (Wildman–Crippen MR) is 91.1 cm³/mol. The van der Waals surface area contributed by atoms with Gasteiger partial charge >= 0.3 is 0 Å². The van der Waals surface area contributed by atoms with Crippen molar-refractivity contribution in [2.45, 2.75) is 31.3 Å². The third-order valence-electron chi connectivity index (χ3n) is 4.63. The molecule has 7 heteroatoms. The van der Waals surface area contributed by atoms with Gasteiger partial charge in [0.2, 0.25) is 11.8 Å². The molecule has 2 amide bonds. The van der Waals surface area contributed by atoms with Gasteiger partial charge in [-0.2, -0.15) is 5.10 Å². The van der Waals surface area contributed by atoms with Gasteiger partial charge in [0, 0.05) is 53.0 Å². The minimum Gasteiger partial charge on any atom is -0.376 e. The lowest BCUT2D eigenvalue weighted by atomic mass is 9.87. The second-order valence-electron chi connectivity index (χ2n) is 6.14. The maximum atomic E-state index is 12.5. The number of nitrogens with zero attached hydrogens (tertiary/aromatic N) is 3. The summed E-state index contributed by atoms with van der Waals surface area (Å²) in [7, 11) is 5.12. The van der Waals surface area contributed by atoms with E-state index in [2.05, 4.69) is 10.4 Å². The normalized spacial score (nSPS) is 21.2. The number of methoxy groups -OCH3 is 1. The lowest BCUT2D eigenvalue weighted by Gasteiger charge is -2.41. The first-order chi connectivity index (χ1) is 11.5. The van der Waals surface area contributed by atoms with Crippen LogP contribution in [0.3, 0.4) is 0 Å². The Labute approximate surface area is 142 Å². The monoisotopic (exact) mass is 334 g/mol. The van der Waals surface area contributed by atoms with E-state index in [-0.39, 0.29) is 11.8 Å². The van der Waals surface area contributed by atoms with Gasteiger partial charge in [0.05, 0.1) is 11.3 Å². The second kappa shape index (κ2) is 8.10. The highest BCUT2D eigenvalue weighted by atomic mass is 16.5. The molecule has 0 spiro atoms. The van der Waals surface area contributed by atoms with Gasteiger partial charge in [-0.3, -0.25) is 14.3 Å². The van der Waals surface area contributed by atoms with E-state index in [0.717, 1.165) is 18.5 Å². The maximum absolute atomic E-state index is 12.5. The highest BCUT2D eigenvalue weighted by Gasteiger charge is 2.36. The van der Waals surface area contributed by atoms with Gasteiger partial charge in [0.25, 0.3) is 0 Å². The molecule has 1 atom stereocenters. The van der Waals surface area contributed by atoms with E-state index in [9.17, 15) is 9.59 Å². The number of ether oxygens (including phenoxy) is 1. The Morgan fingerprint density at radius 1 is 1.50 bits per heavy atom. The third kappa shape index (κ3) is 4.44. The molecular formula is C17H26N4O3. The summed E-state index contributed by atoms with van der Waals surface area (Å²) in [6.45, 7) is 1.22. The van der Waals surface area contributed by atoms with Gasteiger partial charge in [0.15, 0.2) is 0 Å². The van der Waals surface area contributed by atoms with E-state index in [1.54, 1.807) is 42.1 Å². The second-order valence-corrected chi connectivity index (χ2v) is 6.14. The first-order valence-electron chi connectivity index (χ1n) is 8.20. The minimum absolute atomic E-state index is 0.00835. The number of nitrogens with one attached hydrogen (secondary N) is 1. The van der Waals surface area contributed by atoms with Crippen LogP contribution in [0.5, 0.6) is 0 Å². The maximum Gasteiger partial charge on any atom is 0.246 e. The van der Waals surface area contributed by atoms with Crippen LogP contribution in [0.15, 0.2) is 18.3 Å². The lowest BCUT2D eigenvalue weighted by molar-refractivity contribution is -0.136. The summed E-state index contributed by atoms with van der Waals surface area (Å²) in [6.07, 6.45) is 7.77. The van der Waals surface area contributed by atoms with Crippen LogP contribution in [0, 0.1) is 0 Å². The number of rotatable bonds is 6. The van der Waals surface area contributed by atoms with Crippen LogP contribution in [0.25, 0.3) is 6.08 Å². The minimum atomic E-state index is -0.444. The summed E-state index contributed by atoms with van der Waals surface area (Å²) in [5.74, 6) is -0.0525. The van der Waals surface area contributed by atoms with Gasteiger partial charge in [-0.25, -0.2) is 0 Å². The number of hydrogen-bond acceptors (Lipinski definition) is 4. The molecule has 1 aromatic heterocycles. The molecule has 2 heterocycles. The standard InChI is InChI=1S/C17H26N4O3/c1-18-15(22)7-10-17(24-3)9-4-12-21(13-17)16(23)6-5-14-8-11-19-20(14)2/h5-6,8,11H,4,7,9-10,12-13H2,1-3H3,(H,18,22)/b6-5+/t17-/m1/s1. The molecule has 1 aliphatic heterocycles. The number of hydrogen-bond donors (Lipinski definition) is 1. The molecule has 7 nitrogen and oxygen atoms in total. The molecule has 1 saturated heterocycles. The first kappa shape index (κ1) is 18.2. The molecule has 0 bridgehead atoms. The van der Waals surface area contributed by atoms with Crippen molar-refractivity contribution in [3.05, 3.63) is 24.0 Å². The molecule has 2 rings (SSSR count). The quantitative estimate of drug-likeness (QED) is 0.787. The Balaban J connectivity index is 2.00. The van der Waals surface area contributed by atoms with E-state index in [0.29, 0.717) is 25.9 Å². The van der Waals surface area contributed by atoms with Crippen LogP contribution in [0.4, 0.5) is 0 Å². The van der Waals surface area contributed by atoms with E-state index < -0.39 is 5.60 Å². The molecular weight excluding hydrogens is 308 g/mol. The van der Waals surface area contributed by atoms with Crippen molar-refractivity contribution in [3.8, 4) is 0 Å². The average molecular weight is 334 g/mol. The fourth-order valence-corrected chi connectivity index (χ4v) is 3.03.